The van der Waals surface area contributed by atoms with Crippen molar-refractivity contribution < 1.29 is 4.79 Å². The lowest BCUT2D eigenvalue weighted by Crippen LogP contribution is -2.51. The number of nitrogens with one attached hydrogen (secondary N) is 1. The smallest absolute Gasteiger partial charge is 0.221 e. The van der Waals surface area contributed by atoms with Crippen molar-refractivity contribution in [3.63, 3.8) is 0 Å². The van der Waals surface area contributed by atoms with E-state index in [1.54, 1.807) is 11.8 Å². The molecule has 1 aliphatic rings. The summed E-state index contributed by atoms with van der Waals surface area (Å²) < 4.78 is 0. The van der Waals surface area contributed by atoms with E-state index in [0.717, 1.165) is 18.6 Å². The molecule has 1 amide bonds. The van der Waals surface area contributed by atoms with E-state index in [9.17, 15) is 4.79 Å². The molecule has 5 heteroatoms. The molecule has 0 aliphatic heterocycles. The predicted octanol–water partition coefficient (Wildman–Crippen LogP) is 1.55. The van der Waals surface area contributed by atoms with Gasteiger partial charge in [-0.1, -0.05) is 12.8 Å². The summed E-state index contributed by atoms with van der Waals surface area (Å²) in [6.07, 6.45) is 7.12. The summed E-state index contributed by atoms with van der Waals surface area (Å²) in [6.45, 7) is 0.581. The maximum atomic E-state index is 11.5. The number of amides is 1. The van der Waals surface area contributed by atoms with Gasteiger partial charge in [-0.3, -0.25) is 4.79 Å². The Morgan fingerprint density at radius 1 is 1.47 bits per heavy atom. The van der Waals surface area contributed by atoms with Crippen LogP contribution < -0.4 is 11.1 Å². The molecule has 0 aromatic carbocycles. The first-order valence-corrected chi connectivity index (χ1v) is 6.62. The van der Waals surface area contributed by atoms with E-state index < -0.39 is 0 Å². The molecule has 1 fully saturated rings. The van der Waals surface area contributed by atoms with Gasteiger partial charge in [0.25, 0.3) is 0 Å². The van der Waals surface area contributed by atoms with Crippen molar-refractivity contribution in [2.75, 3.05) is 18.6 Å². The summed E-state index contributed by atoms with van der Waals surface area (Å²) in [5.74, 6) is 1.05. The van der Waals surface area contributed by atoms with Gasteiger partial charge < -0.3 is 11.1 Å². The Morgan fingerprint density at radius 3 is 2.53 bits per heavy atom. The second kappa shape index (κ2) is 7.36. The third kappa shape index (κ3) is 4.62. The highest BCUT2D eigenvalue weighted by molar-refractivity contribution is 7.98. The molecule has 0 bridgehead atoms. The number of thioether (sulfide) groups is 1. The predicted molar refractivity (Wildman–Crippen MR) is 68.6 cm³/mol. The van der Waals surface area contributed by atoms with Crippen LogP contribution in [0.25, 0.3) is 0 Å². The summed E-state index contributed by atoms with van der Waals surface area (Å²) >= 11 is 1.70. The first-order valence-electron chi connectivity index (χ1n) is 5.22. The summed E-state index contributed by atoms with van der Waals surface area (Å²) in [5.41, 5.74) is 5.65. The molecule has 3 nitrogen and oxygen atoms in total. The molecule has 0 spiro atoms. The second-order valence-electron chi connectivity index (χ2n) is 3.98. The zero-order valence-electron chi connectivity index (χ0n) is 9.25. The first kappa shape index (κ1) is 15.1. The maximum absolute atomic E-state index is 11.5. The van der Waals surface area contributed by atoms with E-state index in [-0.39, 0.29) is 23.9 Å². The fourth-order valence-electron chi connectivity index (χ4n) is 1.98. The number of rotatable bonds is 5. The van der Waals surface area contributed by atoms with Crippen LogP contribution in [-0.2, 0) is 4.79 Å². The van der Waals surface area contributed by atoms with Gasteiger partial charge in [0.2, 0.25) is 5.91 Å². The lowest BCUT2D eigenvalue weighted by Gasteiger charge is -2.28. The molecule has 0 aromatic heterocycles. The van der Waals surface area contributed by atoms with E-state index in [2.05, 4.69) is 5.32 Å². The summed E-state index contributed by atoms with van der Waals surface area (Å²) in [6, 6.07) is 0. The molecular weight excluding hydrogens is 232 g/mol. The van der Waals surface area contributed by atoms with Crippen LogP contribution in [0.5, 0.6) is 0 Å². The largest absolute Gasteiger partial charge is 0.349 e. The number of carbonyl (C=O) groups excluding carboxylic acids is 1. The fraction of sp³-hybridized carbons (Fsp3) is 0.900. The van der Waals surface area contributed by atoms with Crippen molar-refractivity contribution in [1.29, 1.82) is 0 Å². The molecule has 0 radical (unpaired) electrons. The number of halogens is 1. The van der Waals surface area contributed by atoms with Gasteiger partial charge in [-0.05, 0) is 19.1 Å². The van der Waals surface area contributed by atoms with Gasteiger partial charge in [0, 0.05) is 18.7 Å². The minimum atomic E-state index is -0.0739. The number of nitrogens with two attached hydrogens (primary N) is 1. The Labute approximate surface area is 102 Å². The van der Waals surface area contributed by atoms with Crippen LogP contribution in [0.3, 0.4) is 0 Å². The van der Waals surface area contributed by atoms with E-state index in [4.69, 9.17) is 5.73 Å². The highest BCUT2D eigenvalue weighted by Crippen LogP contribution is 2.28. The Bertz CT molecular complexity index is 196. The van der Waals surface area contributed by atoms with Crippen LogP contribution in [0.4, 0.5) is 0 Å². The Balaban J connectivity index is 0.00000196. The SMILES string of the molecule is CSCCC(=O)NC1(CN)CCCC1.Cl. The molecule has 1 rings (SSSR count). The van der Waals surface area contributed by atoms with Crippen LogP contribution in [0, 0.1) is 0 Å². The highest BCUT2D eigenvalue weighted by atomic mass is 35.5. The zero-order chi connectivity index (χ0) is 10.4. The van der Waals surface area contributed by atoms with Crippen molar-refractivity contribution >= 4 is 30.1 Å². The van der Waals surface area contributed by atoms with Gasteiger partial charge in [0.1, 0.15) is 0 Å². The summed E-state index contributed by atoms with van der Waals surface area (Å²) in [4.78, 5) is 11.5. The molecule has 1 saturated carbocycles. The average molecular weight is 253 g/mol. The molecule has 3 N–H and O–H groups in total. The van der Waals surface area contributed by atoms with Crippen molar-refractivity contribution in [2.24, 2.45) is 5.73 Å². The molecule has 0 saturated heterocycles. The van der Waals surface area contributed by atoms with Crippen LogP contribution in [0.1, 0.15) is 32.1 Å². The zero-order valence-corrected chi connectivity index (χ0v) is 10.9. The van der Waals surface area contributed by atoms with Crippen LogP contribution in [0.2, 0.25) is 0 Å². The van der Waals surface area contributed by atoms with Gasteiger partial charge in [-0.2, -0.15) is 11.8 Å². The van der Waals surface area contributed by atoms with E-state index in [1.807, 2.05) is 6.26 Å². The monoisotopic (exact) mass is 252 g/mol. The summed E-state index contributed by atoms with van der Waals surface area (Å²) in [5, 5.41) is 3.10. The Morgan fingerprint density at radius 2 is 2.07 bits per heavy atom. The molecule has 15 heavy (non-hydrogen) atoms. The Hall–Kier alpha value is 0.0700. The molecule has 0 aromatic rings. The molecular formula is C10H21ClN2OS. The normalized spacial score (nSPS) is 18.3. The average Bonchev–Trinajstić information content (AvgIpc) is 2.64. The number of hydrogen-bond acceptors (Lipinski definition) is 3. The van der Waals surface area contributed by atoms with Crippen LogP contribution in [0.15, 0.2) is 0 Å². The van der Waals surface area contributed by atoms with Crippen molar-refractivity contribution in [2.45, 2.75) is 37.6 Å². The molecule has 0 heterocycles. The van der Waals surface area contributed by atoms with Gasteiger partial charge in [0.05, 0.1) is 5.54 Å². The minimum absolute atomic E-state index is 0. The van der Waals surface area contributed by atoms with Gasteiger partial charge in [-0.25, -0.2) is 0 Å². The van der Waals surface area contributed by atoms with Gasteiger partial charge in [-0.15, -0.1) is 12.4 Å². The molecule has 0 unspecified atom stereocenters. The lowest BCUT2D eigenvalue weighted by atomic mass is 9.98. The van der Waals surface area contributed by atoms with Crippen molar-refractivity contribution in [3.05, 3.63) is 0 Å². The fourth-order valence-corrected chi connectivity index (χ4v) is 2.37. The third-order valence-corrected chi connectivity index (χ3v) is 3.50. The van der Waals surface area contributed by atoms with Crippen molar-refractivity contribution in [1.82, 2.24) is 5.32 Å². The van der Waals surface area contributed by atoms with Gasteiger partial charge >= 0.3 is 0 Å². The standard InChI is InChI=1S/C10H20N2OS.ClH/c1-14-7-4-9(13)12-10(8-11)5-2-3-6-10;/h2-8,11H2,1H3,(H,12,13);1H. The lowest BCUT2D eigenvalue weighted by molar-refractivity contribution is -0.122. The molecule has 90 valence electrons. The quantitative estimate of drug-likeness (QED) is 0.781. The number of hydrogen-bond donors (Lipinski definition) is 2. The van der Waals surface area contributed by atoms with Crippen LogP contribution in [-0.4, -0.2) is 30.0 Å². The third-order valence-electron chi connectivity index (χ3n) is 2.89. The summed E-state index contributed by atoms with van der Waals surface area (Å²) in [7, 11) is 0. The van der Waals surface area contributed by atoms with Crippen molar-refractivity contribution in [3.8, 4) is 0 Å². The van der Waals surface area contributed by atoms with Gasteiger partial charge in [0.15, 0.2) is 0 Å². The van der Waals surface area contributed by atoms with E-state index in [0.29, 0.717) is 13.0 Å². The van der Waals surface area contributed by atoms with Crippen LogP contribution >= 0.6 is 24.2 Å². The number of carbonyl (C=O) groups is 1. The first-order chi connectivity index (χ1) is 6.72. The maximum Gasteiger partial charge on any atom is 0.221 e. The highest BCUT2D eigenvalue weighted by Gasteiger charge is 2.33. The van der Waals surface area contributed by atoms with E-state index >= 15 is 0 Å². The second-order valence-corrected chi connectivity index (χ2v) is 4.97. The molecule has 1 aliphatic carbocycles. The topological polar surface area (TPSA) is 55.1 Å². The van der Waals surface area contributed by atoms with E-state index in [1.165, 1.54) is 12.8 Å². The Kier molecular flexibility index (Phi) is 7.40. The minimum Gasteiger partial charge on any atom is -0.349 e. The molecule has 0 atom stereocenters.